The molecule has 9 heteroatoms. The highest BCUT2D eigenvalue weighted by Gasteiger charge is 2.39. The van der Waals surface area contributed by atoms with Crippen molar-refractivity contribution in [1.29, 1.82) is 0 Å². The van der Waals surface area contributed by atoms with Crippen LogP contribution in [0.1, 0.15) is 31.3 Å². The fourth-order valence-corrected chi connectivity index (χ4v) is 1.97. The molecule has 1 aliphatic heterocycles. The van der Waals surface area contributed by atoms with Crippen molar-refractivity contribution in [2.24, 2.45) is 0 Å². The van der Waals surface area contributed by atoms with Gasteiger partial charge in [-0.3, -0.25) is 9.59 Å². The second-order valence-corrected chi connectivity index (χ2v) is 4.38. The molecule has 1 aliphatic rings. The Morgan fingerprint density at radius 1 is 1.17 bits per heavy atom. The van der Waals surface area contributed by atoms with E-state index in [1.165, 1.54) is 12.1 Å². The van der Waals surface area contributed by atoms with E-state index in [1.807, 2.05) is 0 Å². The normalized spacial score (nSPS) is 13.0. The first-order valence-corrected chi connectivity index (χ1v) is 6.29. The summed E-state index contributed by atoms with van der Waals surface area (Å²) < 4.78 is 17.8. The number of methoxy groups -OCH3 is 1. The number of ether oxygens (including phenoxy) is 1. The number of imide groups is 1. The standard InChI is InChI=1S/C14H8FN3O5/c1-22-11-9(15)6-16-10(17-11)14(21)23-18-12(19)7-4-2-3-5-8(7)13(18)20/h2-6H,1H3. The van der Waals surface area contributed by atoms with E-state index in [2.05, 4.69) is 14.7 Å². The minimum atomic E-state index is -1.20. The molecular formula is C14H8FN3O5. The van der Waals surface area contributed by atoms with Gasteiger partial charge >= 0.3 is 5.97 Å². The topological polar surface area (TPSA) is 98.7 Å². The summed E-state index contributed by atoms with van der Waals surface area (Å²) in [5.74, 6) is -4.65. The number of aromatic nitrogens is 2. The molecule has 0 spiro atoms. The molecule has 0 bridgehead atoms. The Morgan fingerprint density at radius 3 is 2.35 bits per heavy atom. The summed E-state index contributed by atoms with van der Waals surface area (Å²) >= 11 is 0. The van der Waals surface area contributed by atoms with Crippen molar-refractivity contribution in [2.75, 3.05) is 7.11 Å². The number of fused-ring (bicyclic) bond motifs is 1. The lowest BCUT2D eigenvalue weighted by molar-refractivity contribution is -0.0593. The average molecular weight is 317 g/mol. The zero-order valence-corrected chi connectivity index (χ0v) is 11.6. The Morgan fingerprint density at radius 2 is 1.78 bits per heavy atom. The van der Waals surface area contributed by atoms with Crippen molar-refractivity contribution in [3.63, 3.8) is 0 Å². The lowest BCUT2D eigenvalue weighted by Crippen LogP contribution is -2.33. The molecule has 0 radical (unpaired) electrons. The molecule has 0 fully saturated rings. The third-order valence-corrected chi connectivity index (χ3v) is 3.02. The van der Waals surface area contributed by atoms with Crippen LogP contribution in [0.25, 0.3) is 0 Å². The van der Waals surface area contributed by atoms with Gasteiger partial charge in [-0.15, -0.1) is 0 Å². The van der Waals surface area contributed by atoms with Gasteiger partial charge in [-0.1, -0.05) is 17.2 Å². The van der Waals surface area contributed by atoms with Crippen molar-refractivity contribution < 1.29 is 28.3 Å². The molecule has 0 atom stereocenters. The molecule has 0 saturated heterocycles. The summed E-state index contributed by atoms with van der Waals surface area (Å²) in [5, 5.41) is 0.312. The number of carbonyl (C=O) groups excluding carboxylic acids is 3. The first-order chi connectivity index (χ1) is 11.0. The number of halogens is 1. The molecule has 0 saturated carbocycles. The van der Waals surface area contributed by atoms with Gasteiger partial charge in [0.2, 0.25) is 11.6 Å². The van der Waals surface area contributed by atoms with Crippen LogP contribution in [-0.4, -0.2) is 39.9 Å². The first kappa shape index (κ1) is 14.6. The van der Waals surface area contributed by atoms with Gasteiger partial charge < -0.3 is 9.57 Å². The smallest absolute Gasteiger partial charge is 0.401 e. The SMILES string of the molecule is COc1nc(C(=O)ON2C(=O)c3ccccc3C2=O)ncc1F. The molecule has 1 aromatic carbocycles. The Labute approximate surface area is 128 Å². The van der Waals surface area contributed by atoms with Gasteiger partial charge in [0.25, 0.3) is 17.7 Å². The molecule has 116 valence electrons. The molecule has 1 aromatic heterocycles. The Bertz CT molecular complexity index is 804. The van der Waals surface area contributed by atoms with Gasteiger partial charge in [0.05, 0.1) is 24.4 Å². The van der Waals surface area contributed by atoms with Crippen LogP contribution >= 0.6 is 0 Å². The number of hydroxylamine groups is 2. The largest absolute Gasteiger partial charge is 0.479 e. The molecule has 0 N–H and O–H groups in total. The maximum Gasteiger partial charge on any atom is 0.401 e. The fraction of sp³-hybridized carbons (Fsp3) is 0.0714. The van der Waals surface area contributed by atoms with Gasteiger partial charge in [-0.2, -0.15) is 9.37 Å². The number of rotatable bonds is 3. The van der Waals surface area contributed by atoms with E-state index in [0.717, 1.165) is 7.11 Å². The van der Waals surface area contributed by atoms with Crippen LogP contribution < -0.4 is 4.74 Å². The van der Waals surface area contributed by atoms with E-state index < -0.39 is 35.3 Å². The minimum Gasteiger partial charge on any atom is -0.479 e. The Balaban J connectivity index is 1.84. The predicted molar refractivity (Wildman–Crippen MR) is 70.9 cm³/mol. The highest BCUT2D eigenvalue weighted by atomic mass is 19.1. The highest BCUT2D eigenvalue weighted by Crippen LogP contribution is 2.23. The van der Waals surface area contributed by atoms with Crippen LogP contribution in [0.2, 0.25) is 0 Å². The molecule has 8 nitrogen and oxygen atoms in total. The number of hydrogen-bond donors (Lipinski definition) is 0. The monoisotopic (exact) mass is 317 g/mol. The maximum atomic E-state index is 13.2. The zero-order chi connectivity index (χ0) is 16.6. The molecule has 2 heterocycles. The van der Waals surface area contributed by atoms with Crippen LogP contribution in [-0.2, 0) is 4.84 Å². The quantitative estimate of drug-likeness (QED) is 0.778. The second kappa shape index (κ2) is 5.44. The summed E-state index contributed by atoms with van der Waals surface area (Å²) in [6, 6.07) is 6.01. The number of nitrogens with zero attached hydrogens (tertiary/aromatic N) is 3. The summed E-state index contributed by atoms with van der Waals surface area (Å²) in [4.78, 5) is 47.7. The molecule has 0 unspecified atom stereocenters. The maximum absolute atomic E-state index is 13.2. The van der Waals surface area contributed by atoms with Crippen LogP contribution in [0, 0.1) is 5.82 Å². The number of hydrogen-bond acceptors (Lipinski definition) is 7. The van der Waals surface area contributed by atoms with Crippen LogP contribution in [0.3, 0.4) is 0 Å². The summed E-state index contributed by atoms with van der Waals surface area (Å²) in [6.07, 6.45) is 0.713. The van der Waals surface area contributed by atoms with Gasteiger partial charge in [0.15, 0.2) is 0 Å². The van der Waals surface area contributed by atoms with Crippen molar-refractivity contribution in [1.82, 2.24) is 15.0 Å². The van der Waals surface area contributed by atoms with E-state index in [0.29, 0.717) is 11.3 Å². The number of carbonyl (C=O) groups is 3. The lowest BCUT2D eigenvalue weighted by Gasteiger charge is -2.12. The zero-order valence-electron chi connectivity index (χ0n) is 11.6. The van der Waals surface area contributed by atoms with Gasteiger partial charge in [0, 0.05) is 0 Å². The van der Waals surface area contributed by atoms with Gasteiger partial charge in [0.1, 0.15) is 0 Å². The van der Waals surface area contributed by atoms with E-state index in [4.69, 9.17) is 4.84 Å². The van der Waals surface area contributed by atoms with Crippen molar-refractivity contribution in [3.8, 4) is 5.88 Å². The Kier molecular flexibility index (Phi) is 3.45. The first-order valence-electron chi connectivity index (χ1n) is 6.29. The van der Waals surface area contributed by atoms with Crippen LogP contribution in [0.15, 0.2) is 30.5 Å². The van der Waals surface area contributed by atoms with Crippen LogP contribution in [0.5, 0.6) is 5.88 Å². The number of benzene rings is 1. The fourth-order valence-electron chi connectivity index (χ4n) is 1.97. The molecule has 2 aromatic rings. The average Bonchev–Trinajstić information content (AvgIpc) is 2.80. The van der Waals surface area contributed by atoms with E-state index in [1.54, 1.807) is 12.1 Å². The predicted octanol–water partition coefficient (Wildman–Crippen LogP) is 0.992. The van der Waals surface area contributed by atoms with Crippen molar-refractivity contribution in [3.05, 3.63) is 53.2 Å². The summed E-state index contributed by atoms with van der Waals surface area (Å²) in [5.41, 5.74) is 0.228. The summed E-state index contributed by atoms with van der Waals surface area (Å²) in [7, 11) is 1.16. The van der Waals surface area contributed by atoms with E-state index in [-0.39, 0.29) is 11.1 Å². The van der Waals surface area contributed by atoms with Gasteiger partial charge in [-0.25, -0.2) is 9.78 Å². The van der Waals surface area contributed by atoms with Crippen molar-refractivity contribution in [2.45, 2.75) is 0 Å². The second-order valence-electron chi connectivity index (χ2n) is 4.38. The van der Waals surface area contributed by atoms with E-state index >= 15 is 0 Å². The van der Waals surface area contributed by atoms with Gasteiger partial charge in [-0.05, 0) is 12.1 Å². The Hall–Kier alpha value is -3.36. The molecule has 23 heavy (non-hydrogen) atoms. The molecule has 2 amide bonds. The number of amides is 2. The third-order valence-electron chi connectivity index (χ3n) is 3.02. The molecule has 0 aliphatic carbocycles. The summed E-state index contributed by atoms with van der Waals surface area (Å²) in [6.45, 7) is 0. The molecular weight excluding hydrogens is 309 g/mol. The highest BCUT2D eigenvalue weighted by molar-refractivity contribution is 6.21. The van der Waals surface area contributed by atoms with Crippen LogP contribution in [0.4, 0.5) is 4.39 Å². The van der Waals surface area contributed by atoms with Crippen molar-refractivity contribution >= 4 is 17.8 Å². The lowest BCUT2D eigenvalue weighted by atomic mass is 10.1. The third kappa shape index (κ3) is 2.37. The molecule has 3 rings (SSSR count). The van der Waals surface area contributed by atoms with E-state index in [9.17, 15) is 18.8 Å². The minimum absolute atomic E-state index is 0.114.